The van der Waals surface area contributed by atoms with Crippen LogP contribution in [0.5, 0.6) is 46.0 Å². The summed E-state index contributed by atoms with van der Waals surface area (Å²) >= 11 is 0. The second-order valence-corrected chi connectivity index (χ2v) is 33.4. The summed E-state index contributed by atoms with van der Waals surface area (Å²) in [5, 5.41) is 33.7. The van der Waals surface area contributed by atoms with E-state index in [4.69, 9.17) is 39.3 Å². The summed E-state index contributed by atoms with van der Waals surface area (Å²) in [6.07, 6.45) is 4.74. The minimum atomic E-state index is -5.67. The van der Waals surface area contributed by atoms with Crippen LogP contribution >= 0.6 is 0 Å². The Labute approximate surface area is 699 Å². The van der Waals surface area contributed by atoms with E-state index in [0.29, 0.717) is 68.6 Å². The van der Waals surface area contributed by atoms with Crippen LogP contribution in [0.25, 0.3) is 6.08 Å². The molecule has 0 aliphatic carbocycles. The van der Waals surface area contributed by atoms with Crippen LogP contribution in [0.2, 0.25) is 0 Å². The number of benzene rings is 9. The van der Waals surface area contributed by atoms with Gasteiger partial charge in [0.2, 0.25) is 6.79 Å². The Balaban J connectivity index is 0.000000240. The Hall–Kier alpha value is -10.3. The smallest absolute Gasteiger partial charge is 0.504 e. The third-order valence-corrected chi connectivity index (χ3v) is 18.9. The van der Waals surface area contributed by atoms with Crippen molar-refractivity contribution in [2.45, 2.75) is 201 Å². The molecule has 0 radical (unpaired) electrons. The number of fused-ring (bicyclic) bond motifs is 2. The van der Waals surface area contributed by atoms with E-state index in [0.717, 1.165) is 113 Å². The molecule has 0 bridgehead atoms. The first-order valence-electron chi connectivity index (χ1n) is 38.8. The number of carboxylic acids is 1. The van der Waals surface area contributed by atoms with Gasteiger partial charge in [0, 0.05) is 55.4 Å². The SMILES string of the molecule is C.CC(C)(F)COS(=O)(=O)C(F)(F)F.CC(Cc1ccc(O)c(O)c1)NCC(C)(C)F.CC(Cc1ccc(OCc2ccccc2)c(OCc2ccccc2)c1)NCC(C)(C)F.CC(N)Cc1ccc(OCc2ccccc2)c(OCc2ccccc2)c1.CC1Cc2cc3c(cc2C(c2c(F)cc(/C=C/C(=O)O)cc2F)N1CC(C)(C)F)OCO3. The molecule has 2 aliphatic heterocycles. The number of hydrogen-bond donors (Lipinski definition) is 6. The number of nitrogens with two attached hydrogens (primary N) is 1. The second kappa shape index (κ2) is 45.4. The van der Waals surface area contributed by atoms with Crippen LogP contribution in [0.1, 0.15) is 158 Å². The Bertz CT molecular complexity index is 4770. The molecule has 2 heterocycles. The molecule has 0 amide bonds. The summed E-state index contributed by atoms with van der Waals surface area (Å²) in [6, 6.07) is 62.2. The van der Waals surface area contributed by atoms with Gasteiger partial charge in [-0.05, 0) is 231 Å². The van der Waals surface area contributed by atoms with Gasteiger partial charge in [-0.25, -0.2) is 31.1 Å². The van der Waals surface area contributed by atoms with E-state index in [1.807, 2.05) is 148 Å². The minimum absolute atomic E-state index is 0. The molecule has 0 fully saturated rings. The highest BCUT2D eigenvalue weighted by Crippen LogP contribution is 2.47. The van der Waals surface area contributed by atoms with Crippen molar-refractivity contribution in [2.24, 2.45) is 5.73 Å². The Morgan fingerprint density at radius 3 is 1.32 bits per heavy atom. The molecule has 5 atom stereocenters. The topological polar surface area (TPSA) is 230 Å². The predicted octanol–water partition coefficient (Wildman–Crippen LogP) is 20.3. The van der Waals surface area contributed by atoms with E-state index in [1.165, 1.54) is 39.8 Å². The minimum Gasteiger partial charge on any atom is -0.504 e. The number of aliphatic carboxylic acids is 1. The van der Waals surface area contributed by atoms with E-state index < -0.39 is 68.6 Å². The number of phenolic OH excluding ortho intramolecular Hbond substituents is 2. The highest BCUT2D eigenvalue weighted by Gasteiger charge is 2.48. The van der Waals surface area contributed by atoms with Gasteiger partial charge in [0.25, 0.3) is 0 Å². The number of alkyl halides is 7. The molecule has 652 valence electrons. The number of halogens is 9. The van der Waals surface area contributed by atoms with Gasteiger partial charge in [0.05, 0.1) is 6.04 Å². The number of ether oxygens (including phenoxy) is 6. The number of hydrogen-bond acceptors (Lipinski definition) is 16. The molecule has 7 N–H and O–H groups in total. The van der Waals surface area contributed by atoms with Crippen molar-refractivity contribution in [1.82, 2.24) is 15.5 Å². The average molecular weight is 1700 g/mol. The molecule has 0 spiro atoms. The Morgan fingerprint density at radius 1 is 0.533 bits per heavy atom. The first kappa shape index (κ1) is 98.5. The monoisotopic (exact) mass is 1700 g/mol. The van der Waals surface area contributed by atoms with E-state index in [9.17, 15) is 54.2 Å². The quantitative estimate of drug-likeness (QED) is 0.00757. The first-order valence-corrected chi connectivity index (χ1v) is 40.2. The lowest BCUT2D eigenvalue weighted by atomic mass is 9.83. The maximum absolute atomic E-state index is 15.3. The van der Waals surface area contributed by atoms with Crippen LogP contribution in [0.15, 0.2) is 206 Å². The normalized spacial score (nSPS) is 14.8. The fourth-order valence-corrected chi connectivity index (χ4v) is 12.8. The summed E-state index contributed by atoms with van der Waals surface area (Å²) in [6.45, 7) is 20.2. The molecule has 17 nitrogen and oxygen atoms in total. The van der Waals surface area contributed by atoms with Gasteiger partial charge >= 0.3 is 21.6 Å². The van der Waals surface area contributed by atoms with Gasteiger partial charge in [-0.1, -0.05) is 147 Å². The maximum Gasteiger partial charge on any atom is 0.523 e. The highest BCUT2D eigenvalue weighted by molar-refractivity contribution is 7.87. The van der Waals surface area contributed by atoms with Crippen molar-refractivity contribution >= 4 is 22.2 Å². The van der Waals surface area contributed by atoms with Crippen molar-refractivity contribution in [2.75, 3.05) is 33.0 Å². The zero-order chi connectivity index (χ0) is 87.5. The number of carboxylic acid groups (broad SMARTS) is 1. The van der Waals surface area contributed by atoms with Crippen molar-refractivity contribution in [3.05, 3.63) is 279 Å². The molecular formula is C93H113F9N4O13S. The largest absolute Gasteiger partial charge is 0.523 e. The van der Waals surface area contributed by atoms with E-state index in [-0.39, 0.29) is 74.1 Å². The van der Waals surface area contributed by atoms with Crippen LogP contribution in [-0.2, 0) is 71.2 Å². The summed E-state index contributed by atoms with van der Waals surface area (Å²) in [4.78, 5) is 12.5. The molecule has 2 aliphatic rings. The van der Waals surface area contributed by atoms with Gasteiger partial charge < -0.3 is 60.1 Å². The molecule has 120 heavy (non-hydrogen) atoms. The standard InChI is InChI=1S/C27H32FNO2.C24H24F3NO4.C23H25NO2.C13H20FNO2.C5H8F4O3S.CH4/c1-21(29-20-27(2,3)28)16-24-14-15-25(30-18-22-10-6-4-7-11-22)26(17-24)31-19-23-12-8-5-9-13-23;1-13-6-15-9-19-20(32-12-31-19)10-16(15)23(28(13)11-24(2,3)27)22-17(25)7-14(8-18(22)26)4-5-21(29)30;1-18(24)14-21-12-13-22(25-16-19-8-4-2-5-9-19)23(15-21)26-17-20-10-6-3-7-11-20;1-9(15-8-13(2,3)14)6-10-4-5-11(16)12(17)7-10;1-4(2,6)3-12-13(10,11)5(7,8)9;/h4-15,17,21,29H,16,18-20H2,1-3H3;4-5,7-10,13,23H,6,11-12H2,1-3H3,(H,29,30);2-13,15,18H,14,16-17,24H2,1H3;4-5,7,9,15-17H,6,8H2,1-3H3;3H2,1-2H3;1H4/b;5-4+;;;;. The number of nitrogens with one attached hydrogen (secondary N) is 2. The zero-order valence-corrected chi connectivity index (χ0v) is 69.9. The van der Waals surface area contributed by atoms with Gasteiger partial charge in [-0.3, -0.25) is 9.08 Å². The zero-order valence-electron chi connectivity index (χ0n) is 69.0. The van der Waals surface area contributed by atoms with Crippen molar-refractivity contribution < 1.29 is 101 Å². The summed E-state index contributed by atoms with van der Waals surface area (Å²) in [7, 11) is -5.67. The molecular weight excluding hydrogens is 1580 g/mol. The molecule has 9 aromatic rings. The second-order valence-electron chi connectivity index (χ2n) is 31.8. The van der Waals surface area contributed by atoms with Crippen LogP contribution in [0, 0.1) is 11.6 Å². The van der Waals surface area contributed by atoms with Gasteiger partial charge in [-0.15, -0.1) is 0 Å². The van der Waals surface area contributed by atoms with Crippen LogP contribution in [-0.4, -0.2) is 120 Å². The summed E-state index contributed by atoms with van der Waals surface area (Å²) < 4.78 is 179. The van der Waals surface area contributed by atoms with Gasteiger partial charge in [-0.2, -0.15) is 21.6 Å². The molecule has 9 aromatic carbocycles. The molecule has 0 saturated carbocycles. The van der Waals surface area contributed by atoms with Crippen LogP contribution < -0.4 is 44.8 Å². The third-order valence-electron chi connectivity index (χ3n) is 17.9. The Morgan fingerprint density at radius 2 is 0.933 bits per heavy atom. The molecule has 11 rings (SSSR count). The third kappa shape index (κ3) is 34.4. The number of rotatable bonds is 32. The van der Waals surface area contributed by atoms with Gasteiger partial charge in [0.1, 0.15) is 67.3 Å². The number of carbonyl (C=O) groups is 1. The van der Waals surface area contributed by atoms with E-state index in [2.05, 4.69) is 58.1 Å². The van der Waals surface area contributed by atoms with Crippen molar-refractivity contribution in [3.8, 4) is 46.0 Å². The van der Waals surface area contributed by atoms with Crippen LogP contribution in [0.4, 0.5) is 39.5 Å². The van der Waals surface area contributed by atoms with E-state index >= 15 is 8.78 Å². The van der Waals surface area contributed by atoms with Crippen molar-refractivity contribution in [1.29, 1.82) is 0 Å². The fourth-order valence-electron chi connectivity index (χ4n) is 12.2. The molecule has 27 heteroatoms. The lowest BCUT2D eigenvalue weighted by Gasteiger charge is -2.44. The molecule has 0 saturated heterocycles. The fraction of sp³-hybridized carbons (Fsp3) is 0.387. The summed E-state index contributed by atoms with van der Waals surface area (Å²) in [5.74, 6) is 0.843. The number of nitrogens with zero attached hydrogens (tertiary/aromatic N) is 1. The Kier molecular flexibility index (Phi) is 37.3. The maximum atomic E-state index is 15.3. The lowest BCUT2D eigenvalue weighted by Crippen LogP contribution is -2.48. The number of phenols is 2. The van der Waals surface area contributed by atoms with Crippen LogP contribution in [0.3, 0.4) is 0 Å². The van der Waals surface area contributed by atoms with Crippen molar-refractivity contribution in [3.63, 3.8) is 0 Å². The highest BCUT2D eigenvalue weighted by atomic mass is 32.2. The lowest BCUT2D eigenvalue weighted by molar-refractivity contribution is -0.131. The predicted molar refractivity (Wildman–Crippen MR) is 451 cm³/mol. The summed E-state index contributed by atoms with van der Waals surface area (Å²) in [5.41, 5.74) is 3.22. The van der Waals surface area contributed by atoms with Gasteiger partial charge in [0.15, 0.2) is 46.0 Å². The first-order chi connectivity index (χ1) is 55.9. The molecule has 0 aromatic heterocycles. The molecule has 5 unspecified atom stereocenters. The number of aromatic hydroxyl groups is 2. The average Bonchev–Trinajstić information content (AvgIpc) is 1.05. The van der Waals surface area contributed by atoms with E-state index in [1.54, 1.807) is 30.9 Å².